The highest BCUT2D eigenvalue weighted by Gasteiger charge is 2.14. The largest absolute Gasteiger partial charge is 0.355 e. The number of hydrogen-bond donors (Lipinski definition) is 1. The zero-order valence-electron chi connectivity index (χ0n) is 13.5. The highest BCUT2D eigenvalue weighted by molar-refractivity contribution is 5.67. The first kappa shape index (κ1) is 14.6. The van der Waals surface area contributed by atoms with Crippen molar-refractivity contribution in [2.45, 2.75) is 47.0 Å². The van der Waals surface area contributed by atoms with Crippen molar-refractivity contribution >= 4 is 11.4 Å². The molecule has 106 valence electrons. The zero-order valence-corrected chi connectivity index (χ0v) is 13.5. The lowest BCUT2D eigenvalue weighted by Crippen LogP contribution is -2.11. The summed E-state index contributed by atoms with van der Waals surface area (Å²) in [5.74, 6) is 0. The normalized spacial score (nSPS) is 11.5. The fourth-order valence-corrected chi connectivity index (χ4v) is 2.32. The molecule has 2 aromatic rings. The Hall–Kier alpha value is -1.76. The molecule has 0 radical (unpaired) electrons. The average molecular weight is 267 g/mol. The van der Waals surface area contributed by atoms with Crippen LogP contribution in [-0.4, -0.2) is 0 Å². The molecule has 0 aliphatic rings. The van der Waals surface area contributed by atoms with Crippen LogP contribution in [-0.2, 0) is 5.41 Å². The van der Waals surface area contributed by atoms with Gasteiger partial charge in [0.15, 0.2) is 0 Å². The number of rotatable bonds is 2. The topological polar surface area (TPSA) is 12.0 Å². The van der Waals surface area contributed by atoms with Crippen molar-refractivity contribution in [1.82, 2.24) is 0 Å². The Balaban J connectivity index is 2.38. The van der Waals surface area contributed by atoms with Gasteiger partial charge in [-0.3, -0.25) is 0 Å². The summed E-state index contributed by atoms with van der Waals surface area (Å²) in [4.78, 5) is 0. The Morgan fingerprint density at radius 2 is 1.45 bits per heavy atom. The third-order valence-corrected chi connectivity index (χ3v) is 3.75. The highest BCUT2D eigenvalue weighted by Crippen LogP contribution is 2.29. The van der Waals surface area contributed by atoms with E-state index in [2.05, 4.69) is 83.3 Å². The van der Waals surface area contributed by atoms with Gasteiger partial charge in [-0.15, -0.1) is 0 Å². The smallest absolute Gasteiger partial charge is 0.0416 e. The third-order valence-electron chi connectivity index (χ3n) is 3.75. The molecule has 0 fully saturated rings. The number of benzene rings is 2. The lowest BCUT2D eigenvalue weighted by molar-refractivity contribution is 0.590. The molecule has 0 aromatic heterocycles. The first-order valence-electron chi connectivity index (χ1n) is 7.23. The van der Waals surface area contributed by atoms with Crippen molar-refractivity contribution in [1.29, 1.82) is 0 Å². The summed E-state index contributed by atoms with van der Waals surface area (Å²) in [5, 5.41) is 3.58. The summed E-state index contributed by atoms with van der Waals surface area (Å²) in [6.45, 7) is 13.2. The molecule has 20 heavy (non-hydrogen) atoms. The van der Waals surface area contributed by atoms with E-state index in [1.54, 1.807) is 0 Å². The van der Waals surface area contributed by atoms with Gasteiger partial charge < -0.3 is 5.32 Å². The monoisotopic (exact) mass is 267 g/mol. The summed E-state index contributed by atoms with van der Waals surface area (Å²) < 4.78 is 0. The Bertz CT molecular complexity index is 618. The molecule has 2 rings (SSSR count). The summed E-state index contributed by atoms with van der Waals surface area (Å²) >= 11 is 0. The van der Waals surface area contributed by atoms with Crippen molar-refractivity contribution in [3.05, 3.63) is 58.7 Å². The first-order valence-corrected chi connectivity index (χ1v) is 7.23. The SMILES string of the molecule is Cc1ccc(Nc2cc(C(C)(C)C)ccc2C)c(C)c1. The van der Waals surface area contributed by atoms with Crippen molar-refractivity contribution in [2.24, 2.45) is 0 Å². The molecule has 0 aliphatic carbocycles. The average Bonchev–Trinajstić information content (AvgIpc) is 2.33. The van der Waals surface area contributed by atoms with E-state index < -0.39 is 0 Å². The predicted octanol–water partition coefficient (Wildman–Crippen LogP) is 5.65. The van der Waals surface area contributed by atoms with Crippen molar-refractivity contribution in [3.63, 3.8) is 0 Å². The zero-order chi connectivity index (χ0) is 14.9. The van der Waals surface area contributed by atoms with E-state index in [1.165, 1.54) is 33.6 Å². The minimum Gasteiger partial charge on any atom is -0.355 e. The van der Waals surface area contributed by atoms with Crippen LogP contribution in [0.15, 0.2) is 36.4 Å². The van der Waals surface area contributed by atoms with Gasteiger partial charge in [0, 0.05) is 11.4 Å². The molecule has 0 amide bonds. The number of anilines is 2. The quantitative estimate of drug-likeness (QED) is 0.741. The summed E-state index contributed by atoms with van der Waals surface area (Å²) in [5.41, 5.74) is 7.77. The second-order valence-corrected chi connectivity index (χ2v) is 6.72. The van der Waals surface area contributed by atoms with E-state index in [1.807, 2.05) is 0 Å². The van der Waals surface area contributed by atoms with Crippen LogP contribution >= 0.6 is 0 Å². The van der Waals surface area contributed by atoms with Gasteiger partial charge in [-0.25, -0.2) is 0 Å². The molecule has 2 aromatic carbocycles. The van der Waals surface area contributed by atoms with Crippen LogP contribution in [0.3, 0.4) is 0 Å². The fourth-order valence-electron chi connectivity index (χ4n) is 2.32. The molecule has 1 heteroatoms. The molecule has 0 saturated heterocycles. The molecule has 1 nitrogen and oxygen atoms in total. The molecular formula is C19H25N. The molecule has 0 unspecified atom stereocenters. The lowest BCUT2D eigenvalue weighted by atomic mass is 9.86. The van der Waals surface area contributed by atoms with Gasteiger partial charge >= 0.3 is 0 Å². The van der Waals surface area contributed by atoms with Gasteiger partial charge in [-0.05, 0) is 55.0 Å². The van der Waals surface area contributed by atoms with Crippen molar-refractivity contribution < 1.29 is 0 Å². The maximum Gasteiger partial charge on any atom is 0.0416 e. The number of nitrogens with one attached hydrogen (secondary N) is 1. The highest BCUT2D eigenvalue weighted by atomic mass is 14.9. The van der Waals surface area contributed by atoms with E-state index in [-0.39, 0.29) is 5.41 Å². The summed E-state index contributed by atoms with van der Waals surface area (Å²) in [7, 11) is 0. The maximum atomic E-state index is 3.58. The van der Waals surface area contributed by atoms with Gasteiger partial charge in [0.05, 0.1) is 0 Å². The van der Waals surface area contributed by atoms with Gasteiger partial charge in [0.25, 0.3) is 0 Å². The van der Waals surface area contributed by atoms with E-state index >= 15 is 0 Å². The molecule has 0 heterocycles. The molecule has 0 atom stereocenters. The van der Waals surface area contributed by atoms with Crippen molar-refractivity contribution in [3.8, 4) is 0 Å². The van der Waals surface area contributed by atoms with E-state index in [9.17, 15) is 0 Å². The molecule has 0 saturated carbocycles. The van der Waals surface area contributed by atoms with Gasteiger partial charge in [0.1, 0.15) is 0 Å². The first-order chi connectivity index (χ1) is 9.27. The molecular weight excluding hydrogens is 242 g/mol. The molecule has 0 bridgehead atoms. The standard InChI is InChI=1S/C19H25N/c1-13-7-10-17(15(3)11-13)20-18-12-16(19(4,5)6)9-8-14(18)2/h7-12,20H,1-6H3. The summed E-state index contributed by atoms with van der Waals surface area (Å²) in [6, 6.07) is 13.2. The van der Waals surface area contributed by atoms with Crippen molar-refractivity contribution in [2.75, 3.05) is 5.32 Å². The van der Waals surface area contributed by atoms with Crippen LogP contribution < -0.4 is 5.32 Å². The van der Waals surface area contributed by atoms with Crippen LogP contribution in [0.4, 0.5) is 11.4 Å². The van der Waals surface area contributed by atoms with Crippen LogP contribution in [0, 0.1) is 20.8 Å². The van der Waals surface area contributed by atoms with E-state index in [0.29, 0.717) is 0 Å². The van der Waals surface area contributed by atoms with Gasteiger partial charge in [0.2, 0.25) is 0 Å². The Morgan fingerprint density at radius 1 is 0.750 bits per heavy atom. The van der Waals surface area contributed by atoms with Crippen LogP contribution in [0.5, 0.6) is 0 Å². The van der Waals surface area contributed by atoms with E-state index in [4.69, 9.17) is 0 Å². The summed E-state index contributed by atoms with van der Waals surface area (Å²) in [6.07, 6.45) is 0. The minimum atomic E-state index is 0.173. The third kappa shape index (κ3) is 3.22. The van der Waals surface area contributed by atoms with Crippen LogP contribution in [0.2, 0.25) is 0 Å². The Morgan fingerprint density at radius 3 is 2.05 bits per heavy atom. The van der Waals surface area contributed by atoms with Crippen LogP contribution in [0.25, 0.3) is 0 Å². The number of hydrogen-bond acceptors (Lipinski definition) is 1. The molecule has 1 N–H and O–H groups in total. The van der Waals surface area contributed by atoms with E-state index in [0.717, 1.165) is 0 Å². The second kappa shape index (κ2) is 5.32. The fraction of sp³-hybridized carbons (Fsp3) is 0.368. The van der Waals surface area contributed by atoms with Crippen LogP contribution in [0.1, 0.15) is 43.0 Å². The lowest BCUT2D eigenvalue weighted by Gasteiger charge is -2.21. The Kier molecular flexibility index (Phi) is 3.89. The molecule has 0 spiro atoms. The minimum absolute atomic E-state index is 0.173. The Labute approximate surface area is 123 Å². The van der Waals surface area contributed by atoms with Gasteiger partial charge in [-0.2, -0.15) is 0 Å². The number of aryl methyl sites for hydroxylation is 3. The second-order valence-electron chi connectivity index (χ2n) is 6.72. The molecule has 0 aliphatic heterocycles. The predicted molar refractivity (Wildman–Crippen MR) is 89.1 cm³/mol. The maximum absolute atomic E-state index is 3.58. The van der Waals surface area contributed by atoms with Gasteiger partial charge in [-0.1, -0.05) is 50.6 Å².